The molecule has 0 bridgehead atoms. The lowest BCUT2D eigenvalue weighted by Gasteiger charge is -2.09. The van der Waals surface area contributed by atoms with Gasteiger partial charge in [0.2, 0.25) is 0 Å². The normalized spacial score (nSPS) is 10.5. The molecule has 0 fully saturated rings. The number of primary amides is 1. The molecular formula is C16H10F3NO2. The Hall–Kier alpha value is -2.94. The zero-order valence-corrected chi connectivity index (χ0v) is 11.1. The summed E-state index contributed by atoms with van der Waals surface area (Å²) in [7, 11) is 0. The molecule has 1 amide bonds. The summed E-state index contributed by atoms with van der Waals surface area (Å²) in [6.07, 6.45) is -4.71. The highest BCUT2D eigenvalue weighted by Gasteiger charge is 2.30. The highest BCUT2D eigenvalue weighted by atomic mass is 19.4. The van der Waals surface area contributed by atoms with Crippen LogP contribution in [0.4, 0.5) is 13.2 Å². The largest absolute Gasteiger partial charge is 0.573 e. The van der Waals surface area contributed by atoms with Crippen LogP contribution in [-0.4, -0.2) is 12.3 Å². The fourth-order valence-electron chi connectivity index (χ4n) is 1.73. The van der Waals surface area contributed by atoms with E-state index >= 15 is 0 Å². The van der Waals surface area contributed by atoms with E-state index in [1.54, 1.807) is 24.3 Å². The lowest BCUT2D eigenvalue weighted by atomic mass is 10.0. The van der Waals surface area contributed by atoms with Crippen LogP contribution in [0.5, 0.6) is 5.75 Å². The van der Waals surface area contributed by atoms with Gasteiger partial charge in [-0.3, -0.25) is 4.79 Å². The van der Waals surface area contributed by atoms with Gasteiger partial charge < -0.3 is 10.5 Å². The quantitative estimate of drug-likeness (QED) is 0.867. The van der Waals surface area contributed by atoms with Crippen LogP contribution in [0.3, 0.4) is 0 Å². The van der Waals surface area contributed by atoms with Crippen molar-refractivity contribution in [3.63, 3.8) is 0 Å². The zero-order valence-electron chi connectivity index (χ0n) is 11.1. The maximum Gasteiger partial charge on any atom is 0.573 e. The van der Waals surface area contributed by atoms with E-state index in [1.807, 2.05) is 0 Å². The van der Waals surface area contributed by atoms with E-state index in [1.165, 1.54) is 24.3 Å². The summed E-state index contributed by atoms with van der Waals surface area (Å²) in [5, 5.41) is 0. The molecule has 0 spiro atoms. The van der Waals surface area contributed by atoms with Gasteiger partial charge in [-0.15, -0.1) is 13.2 Å². The Bertz CT molecular complexity index is 723. The number of nitrogens with two attached hydrogens (primary N) is 1. The molecule has 3 nitrogen and oxygen atoms in total. The van der Waals surface area contributed by atoms with E-state index in [0.717, 1.165) is 11.1 Å². The standard InChI is InChI=1S/C16H10F3NO2/c17-16(18,19)22-14-8-6-13(7-9-14)12-4-1-11(2-5-12)3-10-15(20)21/h1-2,4-9H,(H2,20,21). The first-order chi connectivity index (χ1) is 10.3. The fourth-order valence-corrected chi connectivity index (χ4v) is 1.73. The van der Waals surface area contributed by atoms with E-state index in [2.05, 4.69) is 16.6 Å². The van der Waals surface area contributed by atoms with Crippen molar-refractivity contribution >= 4 is 5.91 Å². The van der Waals surface area contributed by atoms with Crippen molar-refractivity contribution in [3.8, 4) is 28.7 Å². The molecule has 2 aromatic carbocycles. The minimum Gasteiger partial charge on any atom is -0.406 e. The molecule has 22 heavy (non-hydrogen) atoms. The predicted octanol–water partition coefficient (Wildman–Crippen LogP) is 3.09. The lowest BCUT2D eigenvalue weighted by molar-refractivity contribution is -0.274. The maximum atomic E-state index is 12.1. The van der Waals surface area contributed by atoms with Gasteiger partial charge in [0, 0.05) is 5.56 Å². The van der Waals surface area contributed by atoms with Crippen molar-refractivity contribution in [2.75, 3.05) is 0 Å². The fraction of sp³-hybridized carbons (Fsp3) is 0.0625. The third-order valence-electron chi connectivity index (χ3n) is 2.64. The smallest absolute Gasteiger partial charge is 0.406 e. The molecule has 0 aromatic heterocycles. The Morgan fingerprint density at radius 2 is 1.45 bits per heavy atom. The number of hydrogen-bond acceptors (Lipinski definition) is 2. The van der Waals surface area contributed by atoms with Crippen molar-refractivity contribution in [3.05, 3.63) is 54.1 Å². The van der Waals surface area contributed by atoms with Crippen LogP contribution in [0.2, 0.25) is 0 Å². The Labute approximate surface area is 124 Å². The molecule has 0 unspecified atom stereocenters. The third kappa shape index (κ3) is 4.56. The molecule has 0 atom stereocenters. The van der Waals surface area contributed by atoms with Gasteiger partial charge in [-0.2, -0.15) is 0 Å². The number of halogens is 3. The van der Waals surface area contributed by atoms with Crippen molar-refractivity contribution in [2.45, 2.75) is 6.36 Å². The number of carbonyl (C=O) groups excluding carboxylic acids is 1. The minimum absolute atomic E-state index is 0.278. The lowest BCUT2D eigenvalue weighted by Crippen LogP contribution is -2.16. The van der Waals surface area contributed by atoms with Gasteiger partial charge in [0.1, 0.15) is 5.75 Å². The van der Waals surface area contributed by atoms with Crippen LogP contribution in [0.15, 0.2) is 48.5 Å². The van der Waals surface area contributed by atoms with Gasteiger partial charge in [-0.1, -0.05) is 30.2 Å². The van der Waals surface area contributed by atoms with E-state index in [0.29, 0.717) is 5.56 Å². The van der Waals surface area contributed by atoms with E-state index in [9.17, 15) is 18.0 Å². The molecule has 2 rings (SSSR count). The molecule has 0 saturated heterocycles. The van der Waals surface area contributed by atoms with Gasteiger partial charge in [0.05, 0.1) is 0 Å². The average Bonchev–Trinajstić information content (AvgIpc) is 2.45. The number of hydrogen-bond donors (Lipinski definition) is 1. The summed E-state index contributed by atoms with van der Waals surface area (Å²) < 4.78 is 40.0. The Morgan fingerprint density at radius 3 is 1.91 bits per heavy atom. The Kier molecular flexibility index (Phi) is 4.37. The van der Waals surface area contributed by atoms with Gasteiger partial charge in [-0.05, 0) is 41.3 Å². The van der Waals surface area contributed by atoms with Crippen LogP contribution in [0.1, 0.15) is 5.56 Å². The molecular weight excluding hydrogens is 295 g/mol. The summed E-state index contributed by atoms with van der Waals surface area (Å²) in [6, 6.07) is 12.4. The number of alkyl halides is 3. The summed E-state index contributed by atoms with van der Waals surface area (Å²) in [6.45, 7) is 0. The second-order valence-electron chi connectivity index (χ2n) is 4.26. The van der Waals surface area contributed by atoms with Gasteiger partial charge in [0.25, 0.3) is 5.91 Å². The van der Waals surface area contributed by atoms with Gasteiger partial charge in [-0.25, -0.2) is 0 Å². The molecule has 0 aliphatic carbocycles. The molecule has 2 aromatic rings. The second kappa shape index (κ2) is 6.22. The molecule has 0 heterocycles. The highest BCUT2D eigenvalue weighted by molar-refractivity contribution is 5.92. The van der Waals surface area contributed by atoms with Crippen molar-refractivity contribution < 1.29 is 22.7 Å². The molecule has 0 radical (unpaired) electrons. The summed E-state index contributed by atoms with van der Waals surface area (Å²) in [5.74, 6) is 3.81. The Balaban J connectivity index is 2.15. The SMILES string of the molecule is NC(=O)C#Cc1ccc(-c2ccc(OC(F)(F)F)cc2)cc1. The molecule has 2 N–H and O–H groups in total. The van der Waals surface area contributed by atoms with E-state index < -0.39 is 12.3 Å². The molecule has 0 saturated carbocycles. The maximum absolute atomic E-state index is 12.1. The summed E-state index contributed by atoms with van der Waals surface area (Å²) in [5.41, 5.74) is 7.05. The number of benzene rings is 2. The first-order valence-electron chi connectivity index (χ1n) is 6.11. The third-order valence-corrected chi connectivity index (χ3v) is 2.64. The topological polar surface area (TPSA) is 52.3 Å². The van der Waals surface area contributed by atoms with Crippen LogP contribution in [0.25, 0.3) is 11.1 Å². The van der Waals surface area contributed by atoms with Crippen LogP contribution in [0, 0.1) is 11.8 Å². The second-order valence-corrected chi connectivity index (χ2v) is 4.26. The van der Waals surface area contributed by atoms with Crippen LogP contribution >= 0.6 is 0 Å². The van der Waals surface area contributed by atoms with Gasteiger partial charge in [0.15, 0.2) is 0 Å². The molecule has 0 aliphatic heterocycles. The highest BCUT2D eigenvalue weighted by Crippen LogP contribution is 2.26. The first-order valence-corrected chi connectivity index (χ1v) is 6.11. The number of ether oxygens (including phenoxy) is 1. The number of rotatable bonds is 2. The van der Waals surface area contributed by atoms with Crippen LogP contribution < -0.4 is 10.5 Å². The molecule has 112 valence electrons. The summed E-state index contributed by atoms with van der Waals surface area (Å²) >= 11 is 0. The zero-order chi connectivity index (χ0) is 16.2. The minimum atomic E-state index is -4.71. The van der Waals surface area contributed by atoms with Crippen molar-refractivity contribution in [1.29, 1.82) is 0 Å². The van der Waals surface area contributed by atoms with E-state index in [4.69, 9.17) is 5.73 Å². The molecule has 6 heteroatoms. The molecule has 0 aliphatic rings. The average molecular weight is 305 g/mol. The predicted molar refractivity (Wildman–Crippen MR) is 74.6 cm³/mol. The first kappa shape index (κ1) is 15.4. The summed E-state index contributed by atoms with van der Waals surface area (Å²) in [4.78, 5) is 10.5. The van der Waals surface area contributed by atoms with Crippen molar-refractivity contribution in [1.82, 2.24) is 0 Å². The monoisotopic (exact) mass is 305 g/mol. The number of carbonyl (C=O) groups is 1. The Morgan fingerprint density at radius 1 is 0.955 bits per heavy atom. The number of amides is 1. The van der Waals surface area contributed by atoms with Crippen molar-refractivity contribution in [2.24, 2.45) is 5.73 Å². The van der Waals surface area contributed by atoms with Gasteiger partial charge >= 0.3 is 6.36 Å². The van der Waals surface area contributed by atoms with Crippen LogP contribution in [-0.2, 0) is 4.79 Å². The van der Waals surface area contributed by atoms with E-state index in [-0.39, 0.29) is 5.75 Å².